The van der Waals surface area contributed by atoms with Gasteiger partial charge in [0.25, 0.3) is 0 Å². The third kappa shape index (κ3) is 5.33. The molecule has 0 radical (unpaired) electrons. The van der Waals surface area contributed by atoms with Crippen LogP contribution in [-0.4, -0.2) is 35.5 Å². The Bertz CT molecular complexity index is 2020. The van der Waals surface area contributed by atoms with Gasteiger partial charge in [-0.25, -0.2) is 18.4 Å². The quantitative estimate of drug-likeness (QED) is 0.192. The summed E-state index contributed by atoms with van der Waals surface area (Å²) in [6.07, 6.45) is -6.62. The fourth-order valence-corrected chi connectivity index (χ4v) is 5.44. The highest BCUT2D eigenvalue weighted by atomic mass is 32.2. The van der Waals surface area contributed by atoms with Crippen molar-refractivity contribution in [3.8, 4) is 50.9 Å². The van der Waals surface area contributed by atoms with Crippen LogP contribution < -0.4 is 9.47 Å². The van der Waals surface area contributed by atoms with Gasteiger partial charge in [-0.3, -0.25) is 0 Å². The van der Waals surface area contributed by atoms with Crippen LogP contribution in [-0.2, 0) is 16.0 Å². The number of alkyl halides is 5. The molecule has 5 aromatic rings. The first-order chi connectivity index (χ1) is 20.1. The molecule has 43 heavy (non-hydrogen) atoms. The smallest absolute Gasteiger partial charge is 0.440 e. The molecule has 3 aromatic carbocycles. The number of aromatic nitrogens is 3. The monoisotopic (exact) mass is 617 g/mol. The molecule has 0 saturated heterocycles. The molecule has 8 nitrogen and oxygen atoms in total. The zero-order chi connectivity index (χ0) is 30.9. The summed E-state index contributed by atoms with van der Waals surface area (Å²) >= 11 is 0. The lowest BCUT2D eigenvalue weighted by Gasteiger charge is -2.14. The minimum atomic E-state index is -4.70. The van der Waals surface area contributed by atoms with E-state index >= 15 is 0 Å². The number of halogens is 5. The molecule has 14 heteroatoms. The van der Waals surface area contributed by atoms with Crippen LogP contribution in [0.15, 0.2) is 76.2 Å². The Hall–Kier alpha value is -4.72. The first kappa shape index (κ1) is 28.4. The lowest BCUT2D eigenvalue weighted by molar-refractivity contribution is -0.286. The number of hydrogen-bond acceptors (Lipinski definition) is 7. The van der Waals surface area contributed by atoms with Gasteiger partial charge in [-0.05, 0) is 60.5 Å². The molecule has 0 saturated carbocycles. The van der Waals surface area contributed by atoms with Crippen molar-refractivity contribution >= 4 is 9.84 Å². The molecule has 0 amide bonds. The van der Waals surface area contributed by atoms with E-state index in [4.69, 9.17) is 4.42 Å². The molecule has 0 bridgehead atoms. The van der Waals surface area contributed by atoms with E-state index in [1.54, 1.807) is 37.3 Å². The zero-order valence-corrected chi connectivity index (χ0v) is 23.3. The van der Waals surface area contributed by atoms with Crippen LogP contribution in [0.4, 0.5) is 22.0 Å². The van der Waals surface area contributed by atoms with Crippen LogP contribution in [0.25, 0.3) is 39.4 Å². The summed E-state index contributed by atoms with van der Waals surface area (Å²) in [6.45, 7) is 2.97. The maximum Gasteiger partial charge on any atom is 0.586 e. The number of imidazole rings is 1. The van der Waals surface area contributed by atoms with Gasteiger partial charge >= 0.3 is 12.5 Å². The van der Waals surface area contributed by atoms with Gasteiger partial charge in [0.05, 0.1) is 10.6 Å². The van der Waals surface area contributed by atoms with Crippen LogP contribution >= 0.6 is 0 Å². The number of oxazole rings is 1. The van der Waals surface area contributed by atoms with Crippen molar-refractivity contribution in [2.75, 3.05) is 6.26 Å². The number of rotatable bonds is 5. The second-order valence-corrected chi connectivity index (χ2v) is 11.8. The summed E-state index contributed by atoms with van der Waals surface area (Å²) in [5.41, 5.74) is 0.951. The van der Waals surface area contributed by atoms with E-state index in [9.17, 15) is 30.4 Å². The molecule has 3 heterocycles. The van der Waals surface area contributed by atoms with Gasteiger partial charge < -0.3 is 18.5 Å². The number of fused-ring (bicyclic) bond motifs is 1. The Kier molecular flexibility index (Phi) is 6.38. The summed E-state index contributed by atoms with van der Waals surface area (Å²) in [4.78, 5) is 8.26. The second-order valence-electron chi connectivity index (χ2n) is 9.81. The fourth-order valence-electron chi connectivity index (χ4n) is 4.77. The van der Waals surface area contributed by atoms with Crippen molar-refractivity contribution in [3.63, 3.8) is 0 Å². The van der Waals surface area contributed by atoms with Gasteiger partial charge in [0.1, 0.15) is 11.5 Å². The molecule has 0 N–H and O–H groups in total. The molecule has 0 spiro atoms. The Morgan fingerprint density at radius 3 is 2.26 bits per heavy atom. The minimum Gasteiger partial charge on any atom is -0.440 e. The predicted molar refractivity (Wildman–Crippen MR) is 144 cm³/mol. The van der Waals surface area contributed by atoms with Gasteiger partial charge in [0, 0.05) is 30.5 Å². The Morgan fingerprint density at radius 2 is 1.56 bits per heavy atom. The molecule has 1 aliphatic rings. The number of benzene rings is 3. The summed E-state index contributed by atoms with van der Waals surface area (Å²) in [5.74, 6) is -0.0894. The van der Waals surface area contributed by atoms with E-state index in [1.165, 1.54) is 41.8 Å². The van der Waals surface area contributed by atoms with E-state index in [0.29, 0.717) is 16.7 Å². The largest absolute Gasteiger partial charge is 0.586 e. The highest BCUT2D eigenvalue weighted by Crippen LogP contribution is 2.45. The average molecular weight is 618 g/mol. The van der Waals surface area contributed by atoms with E-state index in [2.05, 4.69) is 19.4 Å². The molecule has 2 aromatic heterocycles. The van der Waals surface area contributed by atoms with Crippen LogP contribution in [0.1, 0.15) is 17.4 Å². The molecule has 0 fully saturated rings. The number of ether oxygens (including phenoxy) is 2. The minimum absolute atomic E-state index is 0.0347. The van der Waals surface area contributed by atoms with Crippen LogP contribution in [0.2, 0.25) is 0 Å². The molecule has 0 aliphatic carbocycles. The molecular formula is C29H20F5N3O5S. The highest BCUT2D eigenvalue weighted by Gasteiger charge is 2.43. The lowest BCUT2D eigenvalue weighted by atomic mass is 9.98. The summed E-state index contributed by atoms with van der Waals surface area (Å²) in [6, 6.07) is 15.0. The Balaban J connectivity index is 1.57. The first-order valence-electron chi connectivity index (χ1n) is 12.6. The first-order valence-corrected chi connectivity index (χ1v) is 14.4. The van der Waals surface area contributed by atoms with Crippen molar-refractivity contribution in [2.24, 2.45) is 0 Å². The average Bonchev–Trinajstić information content (AvgIpc) is 3.60. The van der Waals surface area contributed by atoms with Crippen molar-refractivity contribution in [2.45, 2.75) is 31.2 Å². The number of nitrogens with zero attached hydrogens (tertiary/aromatic N) is 3. The topological polar surface area (TPSA) is 96.5 Å². The van der Waals surface area contributed by atoms with E-state index in [-0.39, 0.29) is 50.8 Å². The maximum atomic E-state index is 13.7. The fraction of sp³-hybridized carbons (Fsp3) is 0.172. The van der Waals surface area contributed by atoms with E-state index in [0.717, 1.165) is 12.5 Å². The molecule has 1 aliphatic heterocycles. The summed E-state index contributed by atoms with van der Waals surface area (Å²) in [5, 5.41) is 0. The van der Waals surface area contributed by atoms with Gasteiger partial charge in [0.15, 0.2) is 38.7 Å². The van der Waals surface area contributed by atoms with Crippen LogP contribution in [0.3, 0.4) is 0 Å². The highest BCUT2D eigenvalue weighted by molar-refractivity contribution is 7.90. The van der Waals surface area contributed by atoms with Gasteiger partial charge in [-0.2, -0.15) is 13.2 Å². The van der Waals surface area contributed by atoms with Gasteiger partial charge in [-0.1, -0.05) is 18.2 Å². The van der Waals surface area contributed by atoms with Crippen LogP contribution in [0.5, 0.6) is 11.5 Å². The van der Waals surface area contributed by atoms with Gasteiger partial charge in [0.2, 0.25) is 0 Å². The Morgan fingerprint density at radius 1 is 0.860 bits per heavy atom. The number of sulfone groups is 1. The molecule has 0 atom stereocenters. The van der Waals surface area contributed by atoms with E-state index < -0.39 is 28.0 Å². The van der Waals surface area contributed by atoms with Crippen molar-refractivity contribution in [1.29, 1.82) is 0 Å². The van der Waals surface area contributed by atoms with Crippen molar-refractivity contribution in [3.05, 3.63) is 84.3 Å². The molecule has 222 valence electrons. The van der Waals surface area contributed by atoms with Gasteiger partial charge in [-0.15, -0.1) is 8.78 Å². The van der Waals surface area contributed by atoms with E-state index in [1.807, 2.05) is 0 Å². The number of hydrogen-bond donors (Lipinski definition) is 0. The van der Waals surface area contributed by atoms with Crippen molar-refractivity contribution < 1.29 is 44.3 Å². The third-order valence-corrected chi connectivity index (χ3v) is 7.79. The third-order valence-electron chi connectivity index (χ3n) is 6.68. The number of aryl methyl sites for hydroxylation is 2. The lowest BCUT2D eigenvalue weighted by Crippen LogP contribution is -2.25. The normalized spacial score (nSPS) is 14.3. The summed E-state index contributed by atoms with van der Waals surface area (Å²) in [7, 11) is -3.54. The standard InChI is InChI=1S/C29H20F5N3O5S/c1-15-35-25(28(30,31)32)14-37(15)22-9-7-18(17-5-4-6-20(11-17)43(3,38)39)12-21(22)26-27(40-16(2)36-26)19-8-10-23-24(13-19)42-29(33,34)41-23/h4-14H,1-3H3. The molecule has 6 rings (SSSR count). The predicted octanol–water partition coefficient (Wildman–Crippen LogP) is 7.22. The maximum absolute atomic E-state index is 13.7. The van der Waals surface area contributed by atoms with Crippen molar-refractivity contribution in [1.82, 2.24) is 14.5 Å². The zero-order valence-electron chi connectivity index (χ0n) is 22.5. The molecular weight excluding hydrogens is 597 g/mol. The summed E-state index contributed by atoms with van der Waals surface area (Å²) < 4.78 is 109. The molecule has 0 unspecified atom stereocenters. The Labute approximate surface area is 241 Å². The second kappa shape index (κ2) is 9.66. The van der Waals surface area contributed by atoms with Crippen LogP contribution in [0, 0.1) is 13.8 Å². The SMILES string of the molecule is Cc1nc(-c2cc(-c3cccc(S(C)(=O)=O)c3)ccc2-n2cc(C(F)(F)F)nc2C)c(-c2ccc3c(c2)OC(F)(F)O3)o1.